The molecule has 1 amide bonds. The summed E-state index contributed by atoms with van der Waals surface area (Å²) in [6.45, 7) is 8.96. The number of nitrogens with two attached hydrogens (primary N) is 2. The van der Waals surface area contributed by atoms with Gasteiger partial charge in [-0.2, -0.15) is 0 Å². The molecule has 0 bridgehead atoms. The Morgan fingerprint density at radius 1 is 1.32 bits per heavy atom. The second-order valence-corrected chi connectivity index (χ2v) is 8.80. The van der Waals surface area contributed by atoms with Gasteiger partial charge in [-0.25, -0.2) is 4.39 Å². The largest absolute Gasteiger partial charge is 0.401 e. The van der Waals surface area contributed by atoms with Crippen molar-refractivity contribution in [3.05, 3.63) is 53.0 Å². The molecule has 0 saturated heterocycles. The van der Waals surface area contributed by atoms with E-state index in [1.54, 1.807) is 24.3 Å². The lowest BCUT2D eigenvalue weighted by atomic mass is 9.61. The molecule has 152 valence electrons. The van der Waals surface area contributed by atoms with Gasteiger partial charge in [0.1, 0.15) is 5.82 Å². The smallest absolute Gasteiger partial charge is 0.232 e. The van der Waals surface area contributed by atoms with E-state index in [1.165, 1.54) is 18.9 Å². The van der Waals surface area contributed by atoms with Gasteiger partial charge >= 0.3 is 0 Å². The molecular weight excluding hydrogens is 353 g/mol. The molecule has 1 fully saturated rings. The lowest BCUT2D eigenvalue weighted by Crippen LogP contribution is -2.52. The quantitative estimate of drug-likeness (QED) is 0.694. The number of carbonyl (C=O) groups excluding carboxylic acids is 1. The number of hydrogen-bond donors (Lipinski definition) is 3. The SMILES string of the molecule is CCC1(C(=O)NCC2CC2)C(N)=C(/C=C(\N)c2ccccc2F)C(C)C1(C)C. The van der Waals surface area contributed by atoms with Crippen LogP contribution in [0, 0.1) is 28.5 Å². The van der Waals surface area contributed by atoms with Gasteiger partial charge in [0.05, 0.1) is 5.41 Å². The van der Waals surface area contributed by atoms with Crippen molar-refractivity contribution in [3.8, 4) is 0 Å². The molecule has 1 saturated carbocycles. The summed E-state index contributed by atoms with van der Waals surface area (Å²) < 4.78 is 14.2. The van der Waals surface area contributed by atoms with E-state index in [0.717, 1.165) is 5.57 Å². The molecule has 0 radical (unpaired) electrons. The average molecular weight is 386 g/mol. The van der Waals surface area contributed by atoms with E-state index in [-0.39, 0.29) is 23.1 Å². The molecule has 1 aromatic rings. The molecule has 5 heteroatoms. The van der Waals surface area contributed by atoms with Crippen molar-refractivity contribution in [3.63, 3.8) is 0 Å². The summed E-state index contributed by atoms with van der Waals surface area (Å²) in [4.78, 5) is 13.3. The maximum Gasteiger partial charge on any atom is 0.232 e. The Hall–Kier alpha value is -2.30. The molecule has 0 aliphatic heterocycles. The minimum Gasteiger partial charge on any atom is -0.401 e. The average Bonchev–Trinajstić information content (AvgIpc) is 3.46. The van der Waals surface area contributed by atoms with Crippen molar-refractivity contribution in [2.45, 2.75) is 47.0 Å². The number of benzene rings is 1. The summed E-state index contributed by atoms with van der Waals surface area (Å²) in [7, 11) is 0. The first-order valence-electron chi connectivity index (χ1n) is 10.2. The number of carbonyl (C=O) groups is 1. The van der Waals surface area contributed by atoms with Gasteiger partial charge < -0.3 is 16.8 Å². The molecule has 2 unspecified atom stereocenters. The van der Waals surface area contributed by atoms with Crippen molar-refractivity contribution < 1.29 is 9.18 Å². The van der Waals surface area contributed by atoms with Crippen molar-refractivity contribution in [2.75, 3.05) is 6.54 Å². The Kier molecular flexibility index (Phi) is 5.30. The molecule has 4 nitrogen and oxygen atoms in total. The molecule has 3 rings (SSSR count). The first-order valence-corrected chi connectivity index (χ1v) is 10.2. The summed E-state index contributed by atoms with van der Waals surface area (Å²) in [6.07, 6.45) is 4.71. The predicted molar refractivity (Wildman–Crippen MR) is 111 cm³/mol. The molecule has 0 aromatic heterocycles. The standard InChI is InChI=1S/C23H32FN3O/c1-5-23(21(28)27-13-15-10-11-15)20(26)17(14(2)22(23,3)4)12-19(25)16-8-6-7-9-18(16)24/h6-9,12,14-15H,5,10-11,13,25-26H2,1-4H3,(H,27,28)/b19-12-. The van der Waals surface area contributed by atoms with Crippen LogP contribution in [-0.4, -0.2) is 12.5 Å². The zero-order valence-electron chi connectivity index (χ0n) is 17.3. The monoisotopic (exact) mass is 385 g/mol. The van der Waals surface area contributed by atoms with Crippen LogP contribution in [-0.2, 0) is 4.79 Å². The van der Waals surface area contributed by atoms with Crippen LogP contribution >= 0.6 is 0 Å². The van der Waals surface area contributed by atoms with Crippen molar-refractivity contribution in [2.24, 2.45) is 34.1 Å². The highest BCUT2D eigenvalue weighted by Gasteiger charge is 2.59. The topological polar surface area (TPSA) is 81.1 Å². The Morgan fingerprint density at radius 3 is 2.54 bits per heavy atom. The number of amides is 1. The van der Waals surface area contributed by atoms with Crippen LogP contribution < -0.4 is 16.8 Å². The molecule has 2 aliphatic carbocycles. The van der Waals surface area contributed by atoms with Crippen LogP contribution in [0.5, 0.6) is 0 Å². The number of hydrogen-bond acceptors (Lipinski definition) is 3. The molecule has 5 N–H and O–H groups in total. The molecule has 0 heterocycles. The highest BCUT2D eigenvalue weighted by atomic mass is 19.1. The lowest BCUT2D eigenvalue weighted by molar-refractivity contribution is -0.135. The van der Waals surface area contributed by atoms with Gasteiger partial charge in [-0.15, -0.1) is 0 Å². The highest BCUT2D eigenvalue weighted by molar-refractivity contribution is 5.88. The van der Waals surface area contributed by atoms with E-state index in [1.807, 2.05) is 6.92 Å². The van der Waals surface area contributed by atoms with Gasteiger partial charge in [-0.1, -0.05) is 39.8 Å². The van der Waals surface area contributed by atoms with Gasteiger partial charge in [0.15, 0.2) is 0 Å². The van der Waals surface area contributed by atoms with E-state index >= 15 is 0 Å². The number of rotatable bonds is 6. The van der Waals surface area contributed by atoms with Gasteiger partial charge in [0.2, 0.25) is 5.91 Å². The fraction of sp³-hybridized carbons (Fsp3) is 0.522. The molecular formula is C23H32FN3O. The maximum absolute atomic E-state index is 14.2. The number of halogens is 1. The Balaban J connectivity index is 2.03. The minimum atomic E-state index is -0.803. The van der Waals surface area contributed by atoms with E-state index in [0.29, 0.717) is 35.8 Å². The van der Waals surface area contributed by atoms with E-state index in [2.05, 4.69) is 26.1 Å². The maximum atomic E-state index is 14.2. The molecule has 2 aliphatic rings. The van der Waals surface area contributed by atoms with Gasteiger partial charge in [-0.05, 0) is 60.3 Å². The van der Waals surface area contributed by atoms with Crippen LogP contribution in [0.3, 0.4) is 0 Å². The van der Waals surface area contributed by atoms with Crippen molar-refractivity contribution in [1.29, 1.82) is 0 Å². The molecule has 2 atom stereocenters. The predicted octanol–water partition coefficient (Wildman–Crippen LogP) is 3.94. The summed E-state index contributed by atoms with van der Waals surface area (Å²) in [5.41, 5.74) is 13.7. The molecule has 1 aromatic carbocycles. The minimum absolute atomic E-state index is 0.00412. The van der Waals surface area contributed by atoms with Crippen LogP contribution in [0.1, 0.15) is 52.5 Å². The number of nitrogens with one attached hydrogen (secondary N) is 1. The Labute approximate surface area is 167 Å². The van der Waals surface area contributed by atoms with Crippen molar-refractivity contribution in [1.82, 2.24) is 5.32 Å². The first-order chi connectivity index (χ1) is 13.2. The third-order valence-electron chi connectivity index (χ3n) is 7.08. The molecule has 0 spiro atoms. The van der Waals surface area contributed by atoms with Crippen LogP contribution in [0.15, 0.2) is 41.6 Å². The third-order valence-corrected chi connectivity index (χ3v) is 7.08. The Bertz CT molecular complexity index is 838. The summed E-state index contributed by atoms with van der Waals surface area (Å²) >= 11 is 0. The highest BCUT2D eigenvalue weighted by Crippen LogP contribution is 2.59. The lowest BCUT2D eigenvalue weighted by Gasteiger charge is -2.43. The van der Waals surface area contributed by atoms with Gasteiger partial charge in [-0.3, -0.25) is 4.79 Å². The summed E-state index contributed by atoms with van der Waals surface area (Å²) in [5.74, 6) is 0.221. The van der Waals surface area contributed by atoms with E-state index < -0.39 is 5.41 Å². The van der Waals surface area contributed by atoms with E-state index in [4.69, 9.17) is 11.5 Å². The zero-order chi connectivity index (χ0) is 20.7. The molecule has 28 heavy (non-hydrogen) atoms. The van der Waals surface area contributed by atoms with Crippen LogP contribution in [0.2, 0.25) is 0 Å². The van der Waals surface area contributed by atoms with Crippen molar-refractivity contribution >= 4 is 11.6 Å². The normalized spacial score (nSPS) is 27.2. The van der Waals surface area contributed by atoms with E-state index in [9.17, 15) is 9.18 Å². The van der Waals surface area contributed by atoms with Gasteiger partial charge in [0.25, 0.3) is 0 Å². The van der Waals surface area contributed by atoms with Crippen LogP contribution in [0.4, 0.5) is 4.39 Å². The Morgan fingerprint density at radius 2 is 1.96 bits per heavy atom. The van der Waals surface area contributed by atoms with Crippen LogP contribution in [0.25, 0.3) is 5.70 Å². The first kappa shape index (κ1) is 20.4. The second kappa shape index (κ2) is 7.26. The fourth-order valence-corrected chi connectivity index (χ4v) is 4.66. The second-order valence-electron chi connectivity index (χ2n) is 8.80. The zero-order valence-corrected chi connectivity index (χ0v) is 17.3. The third kappa shape index (κ3) is 3.11. The summed E-state index contributed by atoms with van der Waals surface area (Å²) in [5, 5.41) is 3.13. The summed E-state index contributed by atoms with van der Waals surface area (Å²) in [6, 6.07) is 6.42. The fourth-order valence-electron chi connectivity index (χ4n) is 4.66. The van der Waals surface area contributed by atoms with Gasteiger partial charge in [0, 0.05) is 23.5 Å². The number of allylic oxidation sites excluding steroid dienone is 2.